The Morgan fingerprint density at radius 2 is 1.80 bits per heavy atom. The fourth-order valence-electron chi connectivity index (χ4n) is 4.14. The molecule has 0 radical (unpaired) electrons. The van der Waals surface area contributed by atoms with Crippen LogP contribution in [-0.4, -0.2) is 79.8 Å². The quantitative estimate of drug-likeness (QED) is 0.415. The van der Waals surface area contributed by atoms with Crippen LogP contribution >= 0.6 is 0 Å². The maximum atomic E-state index is 12.4. The number of amides is 1. The standard InChI is InChI=1S/C22H40N4O4/c1-6-29-19(27)18-10-8-13-25(16-18)20(23-5)24-12-11-17-9-7-14-26(15-17)21(28)30-22(2,3)4/h17-18H,6-16H2,1-5H3,(H,23,24). The smallest absolute Gasteiger partial charge is 0.410 e. The van der Waals surface area contributed by atoms with E-state index in [1.807, 2.05) is 32.6 Å². The summed E-state index contributed by atoms with van der Waals surface area (Å²) in [6.07, 6.45) is 4.70. The molecule has 0 saturated carbocycles. The highest BCUT2D eigenvalue weighted by Gasteiger charge is 2.29. The van der Waals surface area contributed by atoms with Gasteiger partial charge in [-0.3, -0.25) is 9.79 Å². The third kappa shape index (κ3) is 7.69. The van der Waals surface area contributed by atoms with Gasteiger partial charge in [-0.25, -0.2) is 4.79 Å². The van der Waals surface area contributed by atoms with Crippen molar-refractivity contribution in [2.75, 3.05) is 46.4 Å². The third-order valence-electron chi connectivity index (χ3n) is 5.56. The van der Waals surface area contributed by atoms with E-state index in [0.717, 1.165) is 64.2 Å². The SMILES string of the molecule is CCOC(=O)C1CCCN(C(=NC)NCCC2CCCN(C(=O)OC(C)(C)C)C2)C1. The number of rotatable bonds is 5. The van der Waals surface area contributed by atoms with Crippen LogP contribution in [0.1, 0.15) is 59.8 Å². The van der Waals surface area contributed by atoms with Gasteiger partial charge < -0.3 is 24.6 Å². The van der Waals surface area contributed by atoms with Gasteiger partial charge in [0.2, 0.25) is 0 Å². The van der Waals surface area contributed by atoms with Gasteiger partial charge in [-0.05, 0) is 65.7 Å². The molecule has 2 fully saturated rings. The summed E-state index contributed by atoms with van der Waals surface area (Å²) in [5, 5.41) is 3.45. The van der Waals surface area contributed by atoms with Gasteiger partial charge in [0, 0.05) is 39.8 Å². The summed E-state index contributed by atoms with van der Waals surface area (Å²) in [5.74, 6) is 1.09. The Morgan fingerprint density at radius 1 is 1.10 bits per heavy atom. The average molecular weight is 425 g/mol. The second-order valence-electron chi connectivity index (χ2n) is 9.23. The first kappa shape index (κ1) is 24.3. The van der Waals surface area contributed by atoms with Crippen LogP contribution in [0.5, 0.6) is 0 Å². The summed E-state index contributed by atoms with van der Waals surface area (Å²) in [4.78, 5) is 32.8. The van der Waals surface area contributed by atoms with Gasteiger partial charge >= 0.3 is 12.1 Å². The van der Waals surface area contributed by atoms with E-state index in [0.29, 0.717) is 19.1 Å². The molecule has 8 nitrogen and oxygen atoms in total. The van der Waals surface area contributed by atoms with Gasteiger partial charge in [0.05, 0.1) is 12.5 Å². The maximum Gasteiger partial charge on any atom is 0.410 e. The molecule has 2 aliphatic heterocycles. The van der Waals surface area contributed by atoms with Crippen molar-refractivity contribution in [1.82, 2.24) is 15.1 Å². The predicted octanol–water partition coefficient (Wildman–Crippen LogP) is 2.87. The molecule has 30 heavy (non-hydrogen) atoms. The van der Waals surface area contributed by atoms with Crippen molar-refractivity contribution in [3.63, 3.8) is 0 Å². The maximum absolute atomic E-state index is 12.4. The Kier molecular flexibility index (Phi) is 9.24. The number of hydrogen-bond acceptors (Lipinski definition) is 5. The van der Waals surface area contributed by atoms with Gasteiger partial charge in [-0.15, -0.1) is 0 Å². The Hall–Kier alpha value is -1.99. The van der Waals surface area contributed by atoms with E-state index in [1.165, 1.54) is 0 Å². The Bertz CT molecular complexity index is 602. The molecular formula is C22H40N4O4. The highest BCUT2D eigenvalue weighted by molar-refractivity contribution is 5.81. The van der Waals surface area contributed by atoms with Gasteiger partial charge in [0.15, 0.2) is 5.96 Å². The summed E-state index contributed by atoms with van der Waals surface area (Å²) in [5.41, 5.74) is -0.464. The number of esters is 1. The van der Waals surface area contributed by atoms with Crippen molar-refractivity contribution in [2.45, 2.75) is 65.4 Å². The minimum Gasteiger partial charge on any atom is -0.466 e. The predicted molar refractivity (Wildman–Crippen MR) is 117 cm³/mol. The zero-order chi connectivity index (χ0) is 22.1. The number of guanidine groups is 1. The lowest BCUT2D eigenvalue weighted by molar-refractivity contribution is -0.149. The van der Waals surface area contributed by atoms with Crippen LogP contribution in [0, 0.1) is 11.8 Å². The number of carbonyl (C=O) groups excluding carboxylic acids is 2. The monoisotopic (exact) mass is 424 g/mol. The lowest BCUT2D eigenvalue weighted by atomic mass is 9.95. The van der Waals surface area contributed by atoms with E-state index < -0.39 is 5.60 Å². The lowest BCUT2D eigenvalue weighted by Crippen LogP contribution is -2.49. The van der Waals surface area contributed by atoms with Crippen molar-refractivity contribution in [1.29, 1.82) is 0 Å². The first-order valence-corrected chi connectivity index (χ1v) is 11.3. The molecule has 1 N–H and O–H groups in total. The van der Waals surface area contributed by atoms with Crippen LogP contribution in [0.25, 0.3) is 0 Å². The molecule has 2 atom stereocenters. The molecular weight excluding hydrogens is 384 g/mol. The molecule has 2 aliphatic rings. The molecule has 2 heterocycles. The average Bonchev–Trinajstić information content (AvgIpc) is 2.70. The van der Waals surface area contributed by atoms with E-state index in [-0.39, 0.29) is 18.0 Å². The van der Waals surface area contributed by atoms with E-state index >= 15 is 0 Å². The van der Waals surface area contributed by atoms with Crippen molar-refractivity contribution in [3.05, 3.63) is 0 Å². The molecule has 2 saturated heterocycles. The number of carbonyl (C=O) groups is 2. The number of piperidine rings is 2. The van der Waals surface area contributed by atoms with Crippen LogP contribution in [0.15, 0.2) is 4.99 Å². The fourth-order valence-corrected chi connectivity index (χ4v) is 4.14. The van der Waals surface area contributed by atoms with Crippen molar-refractivity contribution in [3.8, 4) is 0 Å². The summed E-state index contributed by atoms with van der Waals surface area (Å²) in [7, 11) is 1.78. The molecule has 1 amide bonds. The molecule has 8 heteroatoms. The number of nitrogens with one attached hydrogen (secondary N) is 1. The summed E-state index contributed by atoms with van der Waals surface area (Å²) < 4.78 is 10.7. The van der Waals surface area contributed by atoms with Crippen molar-refractivity contribution in [2.24, 2.45) is 16.8 Å². The molecule has 0 aromatic carbocycles. The summed E-state index contributed by atoms with van der Waals surface area (Å²) >= 11 is 0. The molecule has 0 bridgehead atoms. The van der Waals surface area contributed by atoms with Crippen LogP contribution in [-0.2, 0) is 14.3 Å². The Balaban J connectivity index is 1.79. The zero-order valence-corrected chi connectivity index (χ0v) is 19.4. The topological polar surface area (TPSA) is 83.5 Å². The number of ether oxygens (including phenoxy) is 2. The highest BCUT2D eigenvalue weighted by atomic mass is 16.6. The van der Waals surface area contributed by atoms with Crippen LogP contribution in [0.4, 0.5) is 4.79 Å². The molecule has 2 rings (SSSR count). The fraction of sp³-hybridized carbons (Fsp3) is 0.864. The minimum absolute atomic E-state index is 0.0852. The Morgan fingerprint density at radius 3 is 2.47 bits per heavy atom. The number of hydrogen-bond donors (Lipinski definition) is 1. The largest absolute Gasteiger partial charge is 0.466 e. The molecule has 0 aromatic heterocycles. The molecule has 0 aromatic rings. The van der Waals surface area contributed by atoms with E-state index in [1.54, 1.807) is 7.05 Å². The second kappa shape index (κ2) is 11.4. The third-order valence-corrected chi connectivity index (χ3v) is 5.56. The summed E-state index contributed by atoms with van der Waals surface area (Å²) in [6.45, 7) is 11.8. The molecule has 2 unspecified atom stereocenters. The van der Waals surface area contributed by atoms with Gasteiger partial charge in [0.25, 0.3) is 0 Å². The van der Waals surface area contributed by atoms with Crippen LogP contribution in [0.3, 0.4) is 0 Å². The van der Waals surface area contributed by atoms with Crippen molar-refractivity contribution < 1.29 is 19.1 Å². The van der Waals surface area contributed by atoms with Gasteiger partial charge in [0.1, 0.15) is 5.60 Å². The zero-order valence-electron chi connectivity index (χ0n) is 19.4. The van der Waals surface area contributed by atoms with Gasteiger partial charge in [-0.2, -0.15) is 0 Å². The molecule has 0 aliphatic carbocycles. The molecule has 0 spiro atoms. The second-order valence-corrected chi connectivity index (χ2v) is 9.23. The number of aliphatic imine (C=N–C) groups is 1. The van der Waals surface area contributed by atoms with Crippen LogP contribution < -0.4 is 5.32 Å². The number of nitrogens with zero attached hydrogens (tertiary/aromatic N) is 3. The van der Waals surface area contributed by atoms with Crippen molar-refractivity contribution >= 4 is 18.0 Å². The minimum atomic E-state index is -0.464. The van der Waals surface area contributed by atoms with Gasteiger partial charge in [-0.1, -0.05) is 0 Å². The van der Waals surface area contributed by atoms with E-state index in [9.17, 15) is 9.59 Å². The number of likely N-dealkylation sites (tertiary alicyclic amines) is 2. The normalized spacial score (nSPS) is 23.2. The van der Waals surface area contributed by atoms with Crippen LogP contribution in [0.2, 0.25) is 0 Å². The lowest BCUT2D eigenvalue weighted by Gasteiger charge is -2.35. The first-order valence-electron chi connectivity index (χ1n) is 11.3. The molecule has 172 valence electrons. The first-order chi connectivity index (χ1) is 14.2. The van der Waals surface area contributed by atoms with E-state index in [4.69, 9.17) is 9.47 Å². The highest BCUT2D eigenvalue weighted by Crippen LogP contribution is 2.22. The van der Waals surface area contributed by atoms with E-state index in [2.05, 4.69) is 15.2 Å². The summed E-state index contributed by atoms with van der Waals surface area (Å²) in [6, 6.07) is 0. The Labute approximate surface area is 181 Å².